The highest BCUT2D eigenvalue weighted by Gasteiger charge is 2.35. The summed E-state index contributed by atoms with van der Waals surface area (Å²) in [5.41, 5.74) is 4.32. The minimum absolute atomic E-state index is 0.0298. The Kier molecular flexibility index (Phi) is 8.27. The zero-order valence-electron chi connectivity index (χ0n) is 25.2. The van der Waals surface area contributed by atoms with Crippen molar-refractivity contribution in [2.45, 2.75) is 52.4 Å². The third-order valence-electron chi connectivity index (χ3n) is 8.03. The molecule has 1 N–H and O–H groups in total. The molecular weight excluding hydrogens is 586 g/mol. The lowest BCUT2D eigenvalue weighted by molar-refractivity contribution is -0.153. The first-order chi connectivity index (χ1) is 21.1. The number of halogens is 4. The fourth-order valence-corrected chi connectivity index (χ4v) is 5.03. The quantitative estimate of drug-likeness (QED) is 0.139. The summed E-state index contributed by atoms with van der Waals surface area (Å²) in [6, 6.07) is 18.4. The minimum Gasteiger partial charge on any atom is -0.512 e. The summed E-state index contributed by atoms with van der Waals surface area (Å²) in [4.78, 5) is 24.1. The van der Waals surface area contributed by atoms with Crippen molar-refractivity contribution >= 4 is 16.9 Å². The van der Waals surface area contributed by atoms with Gasteiger partial charge in [-0.1, -0.05) is 55.1 Å². The summed E-state index contributed by atoms with van der Waals surface area (Å²) in [6.45, 7) is 10.6. The van der Waals surface area contributed by atoms with Crippen molar-refractivity contribution in [3.8, 4) is 11.1 Å². The van der Waals surface area contributed by atoms with Gasteiger partial charge in [0, 0.05) is 23.7 Å². The number of hydrogen-bond donors (Lipinski definition) is 1. The molecule has 0 saturated heterocycles. The molecule has 0 aliphatic carbocycles. The number of allylic oxidation sites excluding steroid dienone is 1. The molecular formula is C35H31F4N3O3. The maximum atomic E-state index is 14.2. The zero-order valence-corrected chi connectivity index (χ0v) is 25.2. The van der Waals surface area contributed by atoms with Crippen LogP contribution in [0.3, 0.4) is 0 Å². The number of carbonyl (C=O) groups is 1. The van der Waals surface area contributed by atoms with Crippen molar-refractivity contribution in [1.82, 2.24) is 14.9 Å². The van der Waals surface area contributed by atoms with Gasteiger partial charge in [0.2, 0.25) is 5.76 Å². The number of alkyl halides is 3. The number of aromatic nitrogens is 2. The second-order valence-corrected chi connectivity index (χ2v) is 11.5. The predicted molar refractivity (Wildman–Crippen MR) is 163 cm³/mol. The van der Waals surface area contributed by atoms with Gasteiger partial charge in [0.25, 0.3) is 5.91 Å². The van der Waals surface area contributed by atoms with Gasteiger partial charge in [-0.05, 0) is 67.6 Å². The maximum Gasteiger partial charge on any atom is 0.449 e. The predicted octanol–water partition coefficient (Wildman–Crippen LogP) is 8.86. The van der Waals surface area contributed by atoms with E-state index < -0.39 is 29.1 Å². The topological polar surface area (TPSA) is 79.5 Å². The molecule has 232 valence electrons. The van der Waals surface area contributed by atoms with Crippen LogP contribution < -0.4 is 0 Å². The number of nitrogens with zero attached hydrogens (tertiary/aromatic N) is 3. The van der Waals surface area contributed by atoms with E-state index in [0.717, 1.165) is 29.0 Å². The van der Waals surface area contributed by atoms with Gasteiger partial charge in [-0.3, -0.25) is 14.8 Å². The van der Waals surface area contributed by atoms with Crippen LogP contribution in [0.5, 0.6) is 0 Å². The molecule has 0 spiro atoms. The standard InChI is InChI=1S/C35H31F4N3O3/c1-20-21(2)41-29-16-27(36)17-40-32(29)31(20)33(44)42(19-28-13-14-30(45-28)35(37,38)39)18-23-9-11-24(12-10-23)25-7-6-8-26(15-25)34(4,5)22(3)43/h6-17,43H,3,18-19H2,1-2,4-5H3. The van der Waals surface area contributed by atoms with Gasteiger partial charge in [0.15, 0.2) is 0 Å². The van der Waals surface area contributed by atoms with Crippen molar-refractivity contribution in [1.29, 1.82) is 0 Å². The second-order valence-electron chi connectivity index (χ2n) is 11.5. The number of aliphatic hydroxyl groups is 1. The number of aryl methyl sites for hydroxylation is 1. The van der Waals surface area contributed by atoms with Crippen LogP contribution in [0.4, 0.5) is 17.6 Å². The molecule has 0 aliphatic heterocycles. The van der Waals surface area contributed by atoms with E-state index in [9.17, 15) is 27.5 Å². The zero-order chi connectivity index (χ0) is 32.7. The maximum absolute atomic E-state index is 14.2. The first-order valence-corrected chi connectivity index (χ1v) is 14.1. The Labute approximate surface area is 257 Å². The molecule has 10 heteroatoms. The highest BCUT2D eigenvalue weighted by atomic mass is 19.4. The van der Waals surface area contributed by atoms with Gasteiger partial charge >= 0.3 is 6.18 Å². The number of benzene rings is 2. The van der Waals surface area contributed by atoms with E-state index in [-0.39, 0.29) is 41.2 Å². The van der Waals surface area contributed by atoms with Crippen molar-refractivity contribution in [3.63, 3.8) is 0 Å². The lowest BCUT2D eigenvalue weighted by Crippen LogP contribution is -2.31. The Hall–Kier alpha value is -4.99. The highest BCUT2D eigenvalue weighted by Crippen LogP contribution is 2.33. The molecule has 0 bridgehead atoms. The lowest BCUT2D eigenvalue weighted by atomic mass is 9.82. The number of fused-ring (bicyclic) bond motifs is 1. The molecule has 0 saturated carbocycles. The van der Waals surface area contributed by atoms with Gasteiger partial charge in [-0.2, -0.15) is 13.2 Å². The van der Waals surface area contributed by atoms with Crippen LogP contribution in [0.15, 0.2) is 89.7 Å². The van der Waals surface area contributed by atoms with E-state index in [4.69, 9.17) is 4.42 Å². The van der Waals surface area contributed by atoms with Crippen molar-refractivity contribution in [2.24, 2.45) is 0 Å². The van der Waals surface area contributed by atoms with Crippen LogP contribution in [0.2, 0.25) is 0 Å². The van der Waals surface area contributed by atoms with Gasteiger partial charge in [0.05, 0.1) is 29.6 Å². The molecule has 5 rings (SSSR count). The van der Waals surface area contributed by atoms with Crippen molar-refractivity contribution in [3.05, 3.63) is 131 Å². The number of amides is 1. The lowest BCUT2D eigenvalue weighted by Gasteiger charge is -2.25. The summed E-state index contributed by atoms with van der Waals surface area (Å²) in [5, 5.41) is 10.1. The second kappa shape index (κ2) is 11.8. The Morgan fingerprint density at radius 1 is 0.978 bits per heavy atom. The third kappa shape index (κ3) is 6.45. The van der Waals surface area contributed by atoms with Crippen LogP contribution >= 0.6 is 0 Å². The molecule has 0 fully saturated rings. The van der Waals surface area contributed by atoms with Crippen LogP contribution in [0.1, 0.15) is 58.1 Å². The molecule has 5 aromatic rings. The van der Waals surface area contributed by atoms with Crippen molar-refractivity contribution < 1.29 is 31.9 Å². The molecule has 0 atom stereocenters. The van der Waals surface area contributed by atoms with Gasteiger partial charge < -0.3 is 14.4 Å². The number of carbonyl (C=O) groups excluding carboxylic acids is 1. The average molecular weight is 618 g/mol. The van der Waals surface area contributed by atoms with Gasteiger partial charge in [-0.25, -0.2) is 4.39 Å². The number of pyridine rings is 2. The van der Waals surface area contributed by atoms with Crippen LogP contribution in [0, 0.1) is 19.7 Å². The van der Waals surface area contributed by atoms with Gasteiger partial charge in [-0.15, -0.1) is 0 Å². The Morgan fingerprint density at radius 3 is 2.33 bits per heavy atom. The van der Waals surface area contributed by atoms with E-state index >= 15 is 0 Å². The van der Waals surface area contributed by atoms with Crippen LogP contribution in [-0.4, -0.2) is 25.9 Å². The smallest absolute Gasteiger partial charge is 0.449 e. The molecule has 3 heterocycles. The Balaban J connectivity index is 1.51. The van der Waals surface area contributed by atoms with Gasteiger partial charge in [0.1, 0.15) is 17.1 Å². The molecule has 0 radical (unpaired) electrons. The highest BCUT2D eigenvalue weighted by molar-refractivity contribution is 6.06. The average Bonchev–Trinajstić information content (AvgIpc) is 3.47. The fourth-order valence-electron chi connectivity index (χ4n) is 5.03. The normalized spacial score (nSPS) is 12.0. The Bertz CT molecular complexity index is 1910. The number of hydrogen-bond acceptors (Lipinski definition) is 5. The monoisotopic (exact) mass is 617 g/mol. The molecule has 1 amide bonds. The van der Waals surface area contributed by atoms with E-state index in [1.807, 2.05) is 62.4 Å². The number of furan rings is 1. The first-order valence-electron chi connectivity index (χ1n) is 14.1. The van der Waals surface area contributed by atoms with E-state index in [2.05, 4.69) is 16.5 Å². The summed E-state index contributed by atoms with van der Waals surface area (Å²) in [5.74, 6) is -2.30. The third-order valence-corrected chi connectivity index (χ3v) is 8.03. The SMILES string of the molecule is C=C(O)C(C)(C)c1cccc(-c2ccc(CN(Cc3ccc(C(F)(F)F)o3)C(=O)c3c(C)c(C)nc4cc(F)cnc34)cc2)c1. The summed E-state index contributed by atoms with van der Waals surface area (Å²) < 4.78 is 58.9. The largest absolute Gasteiger partial charge is 0.512 e. The van der Waals surface area contributed by atoms with E-state index in [1.165, 1.54) is 17.0 Å². The van der Waals surface area contributed by atoms with E-state index in [1.54, 1.807) is 13.8 Å². The molecule has 2 aromatic carbocycles. The van der Waals surface area contributed by atoms with E-state index in [0.29, 0.717) is 16.8 Å². The summed E-state index contributed by atoms with van der Waals surface area (Å²) >= 11 is 0. The summed E-state index contributed by atoms with van der Waals surface area (Å²) in [6.07, 6.45) is -3.68. The first kappa shape index (κ1) is 31.4. The Morgan fingerprint density at radius 2 is 1.69 bits per heavy atom. The number of rotatable bonds is 8. The fraction of sp³-hybridized carbons (Fsp3) is 0.229. The molecule has 0 unspecified atom stereocenters. The molecule has 45 heavy (non-hydrogen) atoms. The minimum atomic E-state index is -4.68. The van der Waals surface area contributed by atoms with Crippen LogP contribution in [0.25, 0.3) is 22.2 Å². The van der Waals surface area contributed by atoms with Crippen molar-refractivity contribution in [2.75, 3.05) is 0 Å². The molecule has 3 aromatic heterocycles. The van der Waals surface area contributed by atoms with Crippen LogP contribution in [-0.2, 0) is 24.7 Å². The number of aliphatic hydroxyl groups excluding tert-OH is 1. The molecule has 0 aliphatic rings. The summed E-state index contributed by atoms with van der Waals surface area (Å²) in [7, 11) is 0. The molecule has 6 nitrogen and oxygen atoms in total.